The number of carbonyl (C=O) groups is 1. The molecule has 2 aromatic carbocycles. The monoisotopic (exact) mass is 534 g/mol. The van der Waals surface area contributed by atoms with Gasteiger partial charge in [0.05, 0.1) is 12.1 Å². The van der Waals surface area contributed by atoms with E-state index in [1.807, 2.05) is 30.3 Å². The Morgan fingerprint density at radius 3 is 2.20 bits per heavy atom. The quantitative estimate of drug-likeness (QED) is 0.324. The molecule has 0 heterocycles. The van der Waals surface area contributed by atoms with Gasteiger partial charge in [-0.05, 0) is 29.7 Å². The van der Waals surface area contributed by atoms with E-state index in [-0.39, 0.29) is 36.4 Å². The molecule has 0 spiro atoms. The summed E-state index contributed by atoms with van der Waals surface area (Å²) in [5, 5.41) is 5.80. The lowest BCUT2D eigenvalue weighted by Crippen LogP contribution is -2.44. The van der Waals surface area contributed by atoms with E-state index in [0.29, 0.717) is 24.6 Å². The van der Waals surface area contributed by atoms with Gasteiger partial charge in [0.25, 0.3) is 0 Å². The van der Waals surface area contributed by atoms with Gasteiger partial charge in [-0.1, -0.05) is 42.5 Å². The standard InChI is InChI=1S/C21H25F3N4O.HI/c1-25-20(27-14-19(29)26-13-12-16-6-4-3-5-7-16)28(2)15-17-8-10-18(11-9-17)21(22,23)24;/h3-11H,12-15H2,1-2H3,(H,25,27)(H,26,29);1H. The van der Waals surface area contributed by atoms with Gasteiger partial charge in [-0.15, -0.1) is 24.0 Å². The van der Waals surface area contributed by atoms with Gasteiger partial charge >= 0.3 is 6.18 Å². The predicted molar refractivity (Wildman–Crippen MR) is 123 cm³/mol. The number of nitrogens with zero attached hydrogens (tertiary/aromatic N) is 2. The first-order valence-electron chi connectivity index (χ1n) is 9.18. The molecule has 9 heteroatoms. The number of hydrogen-bond donors (Lipinski definition) is 2. The maximum Gasteiger partial charge on any atom is 0.416 e. The van der Waals surface area contributed by atoms with Crippen LogP contribution < -0.4 is 10.6 Å². The van der Waals surface area contributed by atoms with Crippen LogP contribution in [0.2, 0.25) is 0 Å². The van der Waals surface area contributed by atoms with E-state index in [1.54, 1.807) is 19.0 Å². The summed E-state index contributed by atoms with van der Waals surface area (Å²) in [7, 11) is 3.33. The molecular formula is C21H26F3IN4O. The first-order chi connectivity index (χ1) is 13.8. The molecule has 30 heavy (non-hydrogen) atoms. The average Bonchev–Trinajstić information content (AvgIpc) is 2.69. The summed E-state index contributed by atoms with van der Waals surface area (Å²) in [5.74, 6) is 0.313. The zero-order chi connectivity index (χ0) is 21.3. The Balaban J connectivity index is 0.00000450. The van der Waals surface area contributed by atoms with Gasteiger partial charge in [0.2, 0.25) is 5.91 Å². The van der Waals surface area contributed by atoms with Gasteiger partial charge in [-0.25, -0.2) is 0 Å². The van der Waals surface area contributed by atoms with Crippen LogP contribution in [0.3, 0.4) is 0 Å². The lowest BCUT2D eigenvalue weighted by atomic mass is 10.1. The fraction of sp³-hybridized carbons (Fsp3) is 0.333. The van der Waals surface area contributed by atoms with E-state index < -0.39 is 11.7 Å². The molecular weight excluding hydrogens is 508 g/mol. The summed E-state index contributed by atoms with van der Waals surface area (Å²) in [6.45, 7) is 0.941. The molecule has 0 aliphatic rings. The van der Waals surface area contributed by atoms with Gasteiger partial charge in [0.15, 0.2) is 5.96 Å². The summed E-state index contributed by atoms with van der Waals surface area (Å²) in [5.41, 5.74) is 1.17. The fourth-order valence-corrected chi connectivity index (χ4v) is 2.75. The molecule has 0 saturated carbocycles. The fourth-order valence-electron chi connectivity index (χ4n) is 2.75. The number of aliphatic imine (C=N–C) groups is 1. The topological polar surface area (TPSA) is 56.7 Å². The van der Waals surface area contributed by atoms with Gasteiger partial charge in [0.1, 0.15) is 0 Å². The molecule has 0 unspecified atom stereocenters. The van der Waals surface area contributed by atoms with E-state index in [9.17, 15) is 18.0 Å². The number of rotatable bonds is 7. The SMILES string of the molecule is CN=C(NCC(=O)NCCc1ccccc1)N(C)Cc1ccc(C(F)(F)F)cc1.I. The van der Waals surface area contributed by atoms with Crippen molar-refractivity contribution in [2.45, 2.75) is 19.1 Å². The maximum atomic E-state index is 12.6. The van der Waals surface area contributed by atoms with Crippen molar-refractivity contribution < 1.29 is 18.0 Å². The highest BCUT2D eigenvalue weighted by Crippen LogP contribution is 2.29. The third-order valence-corrected chi connectivity index (χ3v) is 4.26. The van der Waals surface area contributed by atoms with Crippen LogP contribution in [-0.4, -0.2) is 44.0 Å². The molecule has 0 saturated heterocycles. The Morgan fingerprint density at radius 2 is 1.63 bits per heavy atom. The molecule has 0 aliphatic heterocycles. The Hall–Kier alpha value is -2.30. The van der Waals surface area contributed by atoms with E-state index in [0.717, 1.165) is 24.1 Å². The smallest absolute Gasteiger partial charge is 0.354 e. The number of alkyl halides is 3. The van der Waals surface area contributed by atoms with Crippen molar-refractivity contribution in [2.75, 3.05) is 27.2 Å². The van der Waals surface area contributed by atoms with Crippen molar-refractivity contribution in [3.8, 4) is 0 Å². The molecule has 1 amide bonds. The van der Waals surface area contributed by atoms with Crippen LogP contribution in [0.25, 0.3) is 0 Å². The Bertz CT molecular complexity index is 811. The van der Waals surface area contributed by atoms with Crippen molar-refractivity contribution in [2.24, 2.45) is 4.99 Å². The van der Waals surface area contributed by atoms with E-state index in [1.165, 1.54) is 12.1 Å². The Kier molecular flexibility index (Phi) is 10.6. The van der Waals surface area contributed by atoms with Crippen LogP contribution in [0.4, 0.5) is 13.2 Å². The minimum Gasteiger partial charge on any atom is -0.354 e. The molecule has 5 nitrogen and oxygen atoms in total. The lowest BCUT2D eigenvalue weighted by Gasteiger charge is -2.22. The van der Waals surface area contributed by atoms with E-state index in [4.69, 9.17) is 0 Å². The van der Waals surface area contributed by atoms with Crippen molar-refractivity contribution in [3.05, 3.63) is 71.3 Å². The zero-order valence-corrected chi connectivity index (χ0v) is 19.2. The summed E-state index contributed by atoms with van der Waals surface area (Å²) in [6, 6.07) is 14.8. The number of hydrogen-bond acceptors (Lipinski definition) is 2. The van der Waals surface area contributed by atoms with Crippen molar-refractivity contribution in [1.29, 1.82) is 0 Å². The number of nitrogens with one attached hydrogen (secondary N) is 2. The second-order valence-corrected chi connectivity index (χ2v) is 6.54. The highest BCUT2D eigenvalue weighted by atomic mass is 127. The van der Waals surface area contributed by atoms with E-state index >= 15 is 0 Å². The van der Waals surface area contributed by atoms with Crippen LogP contribution in [0.15, 0.2) is 59.6 Å². The number of benzene rings is 2. The largest absolute Gasteiger partial charge is 0.416 e. The first kappa shape index (κ1) is 25.7. The summed E-state index contributed by atoms with van der Waals surface area (Å²) >= 11 is 0. The Labute approximate surface area is 191 Å². The number of guanidine groups is 1. The minimum absolute atomic E-state index is 0. The van der Waals surface area contributed by atoms with Gasteiger partial charge < -0.3 is 15.5 Å². The second-order valence-electron chi connectivity index (χ2n) is 6.54. The highest BCUT2D eigenvalue weighted by molar-refractivity contribution is 14.0. The molecule has 2 N–H and O–H groups in total. The van der Waals surface area contributed by atoms with Gasteiger partial charge in [0, 0.05) is 27.2 Å². The molecule has 0 atom stereocenters. The van der Waals surface area contributed by atoms with Crippen molar-refractivity contribution in [1.82, 2.24) is 15.5 Å². The van der Waals surface area contributed by atoms with Crippen LogP contribution in [-0.2, 0) is 23.9 Å². The lowest BCUT2D eigenvalue weighted by molar-refractivity contribution is -0.137. The number of carbonyl (C=O) groups excluding carboxylic acids is 1. The van der Waals surface area contributed by atoms with Crippen molar-refractivity contribution >= 4 is 35.8 Å². The number of halogens is 4. The molecule has 2 rings (SSSR count). The molecule has 164 valence electrons. The van der Waals surface area contributed by atoms with Crippen LogP contribution >= 0.6 is 24.0 Å². The van der Waals surface area contributed by atoms with Crippen molar-refractivity contribution in [3.63, 3.8) is 0 Å². The molecule has 0 radical (unpaired) electrons. The normalized spacial score (nSPS) is 11.4. The molecule has 0 aliphatic carbocycles. The third-order valence-electron chi connectivity index (χ3n) is 4.26. The second kappa shape index (κ2) is 12.4. The summed E-state index contributed by atoms with van der Waals surface area (Å²) in [6.07, 6.45) is -3.61. The molecule has 0 fully saturated rings. The summed E-state index contributed by atoms with van der Waals surface area (Å²) < 4.78 is 37.9. The van der Waals surface area contributed by atoms with E-state index in [2.05, 4.69) is 15.6 Å². The first-order valence-corrected chi connectivity index (χ1v) is 9.18. The Morgan fingerprint density at radius 1 is 1.00 bits per heavy atom. The highest BCUT2D eigenvalue weighted by Gasteiger charge is 2.29. The van der Waals surface area contributed by atoms with Gasteiger partial charge in [-0.2, -0.15) is 13.2 Å². The predicted octanol–water partition coefficient (Wildman–Crippen LogP) is 3.69. The number of amides is 1. The average molecular weight is 534 g/mol. The molecule has 0 bridgehead atoms. The third kappa shape index (κ3) is 8.60. The molecule has 2 aromatic rings. The van der Waals surface area contributed by atoms with Crippen LogP contribution in [0.1, 0.15) is 16.7 Å². The minimum atomic E-state index is -4.35. The molecule has 0 aromatic heterocycles. The van der Waals surface area contributed by atoms with Crippen LogP contribution in [0.5, 0.6) is 0 Å². The zero-order valence-electron chi connectivity index (χ0n) is 16.9. The van der Waals surface area contributed by atoms with Crippen LogP contribution in [0, 0.1) is 0 Å². The van der Waals surface area contributed by atoms with Gasteiger partial charge in [-0.3, -0.25) is 9.79 Å². The summed E-state index contributed by atoms with van der Waals surface area (Å²) in [4.78, 5) is 17.9. The maximum absolute atomic E-state index is 12.6.